The van der Waals surface area contributed by atoms with E-state index in [2.05, 4.69) is 4.90 Å². The predicted molar refractivity (Wildman–Crippen MR) is 46.1 cm³/mol. The topological polar surface area (TPSA) is 49.8 Å². The second-order valence-corrected chi connectivity index (χ2v) is 3.87. The number of aliphatic hydroxyl groups excluding tert-OH is 1. The minimum atomic E-state index is -0.252. The third-order valence-corrected chi connectivity index (χ3v) is 3.12. The van der Waals surface area contributed by atoms with Crippen LogP contribution in [0.2, 0.25) is 0 Å². The molecule has 1 N–H and O–H groups in total. The van der Waals surface area contributed by atoms with Crippen molar-refractivity contribution in [1.82, 2.24) is 4.90 Å². The zero-order valence-corrected chi connectivity index (χ0v) is 7.77. The average Bonchev–Trinajstić information content (AvgIpc) is 2.61. The van der Waals surface area contributed by atoms with Crippen molar-refractivity contribution in [2.45, 2.75) is 25.0 Å². The van der Waals surface area contributed by atoms with Gasteiger partial charge in [0.2, 0.25) is 0 Å². The van der Waals surface area contributed by atoms with Crippen LogP contribution < -0.4 is 0 Å². The Morgan fingerprint density at radius 2 is 2.38 bits per heavy atom. The molecule has 2 aliphatic rings. The lowest BCUT2D eigenvalue weighted by molar-refractivity contribution is -0.146. The molecule has 0 aromatic carbocycles. The molecule has 0 aliphatic carbocycles. The molecule has 2 rings (SSSR count). The van der Waals surface area contributed by atoms with Gasteiger partial charge in [0.25, 0.3) is 0 Å². The van der Waals surface area contributed by atoms with Crippen molar-refractivity contribution in [2.75, 3.05) is 20.2 Å². The van der Waals surface area contributed by atoms with E-state index in [-0.39, 0.29) is 24.0 Å². The summed E-state index contributed by atoms with van der Waals surface area (Å²) in [6, 6.07) is 0.224. The first-order chi connectivity index (χ1) is 6.22. The number of methoxy groups -OCH3 is 1. The van der Waals surface area contributed by atoms with Gasteiger partial charge in [-0.3, -0.25) is 9.69 Å². The summed E-state index contributed by atoms with van der Waals surface area (Å²) in [6.45, 7) is 1.64. The van der Waals surface area contributed by atoms with Gasteiger partial charge in [-0.15, -0.1) is 0 Å². The Labute approximate surface area is 77.5 Å². The maximum Gasteiger partial charge on any atom is 0.310 e. The highest BCUT2D eigenvalue weighted by atomic mass is 16.5. The van der Waals surface area contributed by atoms with E-state index in [1.54, 1.807) is 0 Å². The summed E-state index contributed by atoms with van der Waals surface area (Å²) in [4.78, 5) is 13.5. The van der Waals surface area contributed by atoms with E-state index in [1.807, 2.05) is 0 Å². The van der Waals surface area contributed by atoms with Gasteiger partial charge in [0.1, 0.15) is 0 Å². The van der Waals surface area contributed by atoms with Gasteiger partial charge in [0.15, 0.2) is 0 Å². The van der Waals surface area contributed by atoms with Gasteiger partial charge in [-0.1, -0.05) is 0 Å². The fraction of sp³-hybridized carbons (Fsp3) is 0.889. The Bertz CT molecular complexity index is 219. The lowest BCUT2D eigenvalue weighted by atomic mass is 9.98. The number of aliphatic hydroxyl groups is 1. The number of carbonyl (C=O) groups is 1. The number of hydrogen-bond acceptors (Lipinski definition) is 4. The van der Waals surface area contributed by atoms with E-state index in [9.17, 15) is 9.90 Å². The number of hydrogen-bond donors (Lipinski definition) is 1. The highest BCUT2D eigenvalue weighted by Crippen LogP contribution is 2.33. The van der Waals surface area contributed by atoms with E-state index in [4.69, 9.17) is 4.74 Å². The Hall–Kier alpha value is -0.610. The summed E-state index contributed by atoms with van der Waals surface area (Å²) in [5, 5.41) is 9.41. The molecule has 0 spiro atoms. The zero-order chi connectivity index (χ0) is 9.42. The molecule has 0 amide bonds. The fourth-order valence-corrected chi connectivity index (χ4v) is 2.51. The standard InChI is InChI=1S/C9H15NO3/c1-13-9(12)7-2-3-10-5-6(11)4-8(7)10/h6-8,11H,2-5H2,1H3/t6-,7+,8+/m0/s1. The molecule has 74 valence electrons. The van der Waals surface area contributed by atoms with Crippen molar-refractivity contribution in [3.63, 3.8) is 0 Å². The molecule has 4 heteroatoms. The van der Waals surface area contributed by atoms with E-state index >= 15 is 0 Å². The first-order valence-corrected chi connectivity index (χ1v) is 4.72. The van der Waals surface area contributed by atoms with Crippen LogP contribution in [-0.2, 0) is 9.53 Å². The highest BCUT2D eigenvalue weighted by Gasteiger charge is 2.44. The highest BCUT2D eigenvalue weighted by molar-refractivity contribution is 5.73. The Kier molecular flexibility index (Phi) is 2.26. The molecule has 2 aliphatic heterocycles. The minimum absolute atomic E-state index is 0.0119. The summed E-state index contributed by atoms with van der Waals surface area (Å²) < 4.78 is 4.73. The lowest BCUT2D eigenvalue weighted by Crippen LogP contribution is -2.30. The Balaban J connectivity index is 2.04. The van der Waals surface area contributed by atoms with Crippen LogP contribution in [0.15, 0.2) is 0 Å². The second kappa shape index (κ2) is 3.27. The molecule has 2 heterocycles. The molecule has 0 aromatic heterocycles. The minimum Gasteiger partial charge on any atom is -0.469 e. The van der Waals surface area contributed by atoms with Crippen LogP contribution in [0.3, 0.4) is 0 Å². The van der Waals surface area contributed by atoms with Crippen molar-refractivity contribution in [3.8, 4) is 0 Å². The molecular weight excluding hydrogens is 170 g/mol. The van der Waals surface area contributed by atoms with Crippen molar-refractivity contribution in [1.29, 1.82) is 0 Å². The van der Waals surface area contributed by atoms with Crippen molar-refractivity contribution in [3.05, 3.63) is 0 Å². The van der Waals surface area contributed by atoms with Crippen molar-refractivity contribution >= 4 is 5.97 Å². The van der Waals surface area contributed by atoms with Gasteiger partial charge < -0.3 is 9.84 Å². The number of nitrogens with zero attached hydrogens (tertiary/aromatic N) is 1. The third-order valence-electron chi connectivity index (χ3n) is 3.12. The zero-order valence-electron chi connectivity index (χ0n) is 7.77. The molecule has 2 saturated heterocycles. The molecule has 0 unspecified atom stereocenters. The normalized spacial score (nSPS) is 39.1. The molecule has 0 aromatic rings. The molecule has 3 atom stereocenters. The largest absolute Gasteiger partial charge is 0.469 e. The van der Waals surface area contributed by atoms with E-state index in [1.165, 1.54) is 7.11 Å². The first-order valence-electron chi connectivity index (χ1n) is 4.72. The van der Waals surface area contributed by atoms with Gasteiger partial charge in [-0.2, -0.15) is 0 Å². The number of carbonyl (C=O) groups excluding carboxylic acids is 1. The monoisotopic (exact) mass is 185 g/mol. The van der Waals surface area contributed by atoms with Crippen LogP contribution in [0.25, 0.3) is 0 Å². The van der Waals surface area contributed by atoms with Crippen molar-refractivity contribution in [2.24, 2.45) is 5.92 Å². The van der Waals surface area contributed by atoms with Gasteiger partial charge in [-0.25, -0.2) is 0 Å². The second-order valence-electron chi connectivity index (χ2n) is 3.87. The van der Waals surface area contributed by atoms with Gasteiger partial charge in [0.05, 0.1) is 19.1 Å². The first kappa shape index (κ1) is 8.97. The molecular formula is C9H15NO3. The predicted octanol–water partition coefficient (Wildman–Crippen LogP) is -0.386. The van der Waals surface area contributed by atoms with Gasteiger partial charge >= 0.3 is 5.97 Å². The van der Waals surface area contributed by atoms with Crippen LogP contribution >= 0.6 is 0 Å². The number of fused-ring (bicyclic) bond motifs is 1. The maximum atomic E-state index is 11.3. The fourth-order valence-electron chi connectivity index (χ4n) is 2.51. The molecule has 0 saturated carbocycles. The quantitative estimate of drug-likeness (QED) is 0.565. The van der Waals surface area contributed by atoms with E-state index < -0.39 is 0 Å². The number of rotatable bonds is 1. The van der Waals surface area contributed by atoms with Crippen LogP contribution in [0.1, 0.15) is 12.8 Å². The maximum absolute atomic E-state index is 11.3. The SMILES string of the molecule is COC(=O)[C@@H]1CCN2C[C@@H](O)C[C@H]12. The summed E-state index contributed by atoms with van der Waals surface area (Å²) >= 11 is 0. The van der Waals surface area contributed by atoms with Crippen LogP contribution in [0.4, 0.5) is 0 Å². The summed E-state index contributed by atoms with van der Waals surface area (Å²) in [5.41, 5.74) is 0. The third kappa shape index (κ3) is 1.44. The Morgan fingerprint density at radius 1 is 1.62 bits per heavy atom. The van der Waals surface area contributed by atoms with Crippen LogP contribution in [0.5, 0.6) is 0 Å². The van der Waals surface area contributed by atoms with Crippen molar-refractivity contribution < 1.29 is 14.6 Å². The lowest BCUT2D eigenvalue weighted by Gasteiger charge is -2.17. The molecule has 13 heavy (non-hydrogen) atoms. The van der Waals surface area contributed by atoms with Crippen LogP contribution in [0, 0.1) is 5.92 Å². The van der Waals surface area contributed by atoms with Crippen LogP contribution in [-0.4, -0.2) is 48.3 Å². The smallest absolute Gasteiger partial charge is 0.310 e. The Morgan fingerprint density at radius 3 is 3.08 bits per heavy atom. The number of ether oxygens (including phenoxy) is 1. The molecule has 2 fully saturated rings. The van der Waals surface area contributed by atoms with Gasteiger partial charge in [-0.05, 0) is 19.4 Å². The molecule has 0 bridgehead atoms. The average molecular weight is 185 g/mol. The summed E-state index contributed by atoms with van der Waals surface area (Å²) in [6.07, 6.45) is 1.35. The van der Waals surface area contributed by atoms with E-state index in [0.29, 0.717) is 0 Å². The molecule has 4 nitrogen and oxygen atoms in total. The van der Waals surface area contributed by atoms with Gasteiger partial charge in [0, 0.05) is 12.6 Å². The summed E-state index contributed by atoms with van der Waals surface area (Å²) in [5.74, 6) is -0.135. The summed E-state index contributed by atoms with van der Waals surface area (Å²) in [7, 11) is 1.43. The molecule has 0 radical (unpaired) electrons. The number of esters is 1. The van der Waals surface area contributed by atoms with E-state index in [0.717, 1.165) is 25.9 Å².